The molecule has 2 aromatic heterocycles. The molecule has 3 aromatic rings. The maximum Gasteiger partial charge on any atom is 0.420 e. The summed E-state index contributed by atoms with van der Waals surface area (Å²) in [6.45, 7) is 6.12. The van der Waals surface area contributed by atoms with Crippen molar-refractivity contribution >= 4 is 35.2 Å². The van der Waals surface area contributed by atoms with E-state index < -0.39 is 23.6 Å². The summed E-state index contributed by atoms with van der Waals surface area (Å²) in [5, 5.41) is 17.4. The topological polar surface area (TPSA) is 112 Å². The van der Waals surface area contributed by atoms with Crippen molar-refractivity contribution in [3.05, 3.63) is 47.9 Å². The van der Waals surface area contributed by atoms with Crippen LogP contribution in [0, 0.1) is 5.82 Å². The monoisotopic (exact) mass is 524 g/mol. The van der Waals surface area contributed by atoms with Crippen LogP contribution in [-0.4, -0.2) is 61.5 Å². The van der Waals surface area contributed by atoms with Crippen molar-refractivity contribution in [3.8, 4) is 0 Å². The molecule has 1 saturated carbocycles. The number of hydrogen-bond acceptors (Lipinski definition) is 6. The van der Waals surface area contributed by atoms with Crippen molar-refractivity contribution < 1.29 is 23.8 Å². The molecule has 38 heavy (non-hydrogen) atoms. The second-order valence-electron chi connectivity index (χ2n) is 11.0. The molecule has 1 saturated heterocycles. The number of amides is 2. The zero-order chi connectivity index (χ0) is 27.0. The molecule has 1 unspecified atom stereocenters. The molecule has 1 aliphatic carbocycles. The molecule has 5 rings (SSSR count). The fraction of sp³-hybridized carbons (Fsp3) is 0.481. The summed E-state index contributed by atoms with van der Waals surface area (Å²) in [6, 6.07) is 7.28. The lowest BCUT2D eigenvalue weighted by Crippen LogP contribution is -2.44. The van der Waals surface area contributed by atoms with Gasteiger partial charge in [-0.3, -0.25) is 0 Å². The number of fused-ring (bicyclic) bond motifs is 1. The normalized spacial score (nSPS) is 18.2. The van der Waals surface area contributed by atoms with E-state index in [0.717, 1.165) is 37.7 Å². The van der Waals surface area contributed by atoms with Crippen LogP contribution in [0.4, 0.5) is 31.3 Å². The minimum atomic E-state index is -0.953. The Morgan fingerprint density at radius 3 is 2.63 bits per heavy atom. The Labute approximate surface area is 220 Å². The van der Waals surface area contributed by atoms with Gasteiger partial charge < -0.3 is 20.1 Å². The quantitative estimate of drug-likeness (QED) is 0.436. The molecule has 2 N–H and O–H groups in total. The number of likely N-dealkylation sites (tertiary alicyclic amines) is 1. The molecule has 0 bridgehead atoms. The minimum Gasteiger partial charge on any atom is -0.465 e. The molecule has 2 aliphatic rings. The maximum absolute atomic E-state index is 14.3. The Hall–Kier alpha value is -3.89. The summed E-state index contributed by atoms with van der Waals surface area (Å²) in [6.07, 6.45) is 4.85. The molecule has 3 heterocycles. The number of benzene rings is 1. The van der Waals surface area contributed by atoms with Crippen molar-refractivity contribution in [2.24, 2.45) is 0 Å². The minimum absolute atomic E-state index is 0.151. The Balaban J connectivity index is 1.62. The number of rotatable bonds is 5. The summed E-state index contributed by atoms with van der Waals surface area (Å²) < 4.78 is 21.7. The van der Waals surface area contributed by atoms with E-state index in [2.05, 4.69) is 10.4 Å². The first-order valence-electron chi connectivity index (χ1n) is 13.0. The first-order chi connectivity index (χ1) is 18.1. The lowest BCUT2D eigenvalue weighted by Gasteiger charge is -2.32. The average molecular weight is 525 g/mol. The van der Waals surface area contributed by atoms with Crippen molar-refractivity contribution in [1.82, 2.24) is 19.5 Å². The largest absolute Gasteiger partial charge is 0.465 e. The second-order valence-corrected chi connectivity index (χ2v) is 11.0. The van der Waals surface area contributed by atoms with E-state index in [1.807, 2.05) is 0 Å². The highest BCUT2D eigenvalue weighted by Gasteiger charge is 2.31. The zero-order valence-corrected chi connectivity index (χ0v) is 21.9. The molecule has 10 nitrogen and oxygen atoms in total. The van der Waals surface area contributed by atoms with E-state index in [0.29, 0.717) is 36.3 Å². The number of halogens is 1. The number of carboxylic acid groups (broad SMARTS) is 1. The van der Waals surface area contributed by atoms with Crippen molar-refractivity contribution in [1.29, 1.82) is 0 Å². The van der Waals surface area contributed by atoms with Gasteiger partial charge in [0.15, 0.2) is 5.65 Å². The van der Waals surface area contributed by atoms with E-state index in [1.54, 1.807) is 43.6 Å². The Morgan fingerprint density at radius 2 is 1.97 bits per heavy atom. The molecule has 0 radical (unpaired) electrons. The number of hydrogen-bond donors (Lipinski definition) is 2. The van der Waals surface area contributed by atoms with E-state index in [-0.39, 0.29) is 11.7 Å². The van der Waals surface area contributed by atoms with Crippen molar-refractivity contribution in [3.63, 3.8) is 0 Å². The molecule has 1 aliphatic heterocycles. The van der Waals surface area contributed by atoms with E-state index in [9.17, 15) is 19.1 Å². The molecular weight excluding hydrogens is 491 g/mol. The SMILES string of the molecule is CC(C)(C)OC(=O)N(c1cccc(F)c1)c1cc(NC2CCCN(C(=O)O)C2)nc2c(C3CCC3)cnn12. The van der Waals surface area contributed by atoms with Gasteiger partial charge >= 0.3 is 12.2 Å². The van der Waals surface area contributed by atoms with Gasteiger partial charge in [-0.1, -0.05) is 12.5 Å². The van der Waals surface area contributed by atoms with Gasteiger partial charge in [0.25, 0.3) is 0 Å². The van der Waals surface area contributed by atoms with Crippen molar-refractivity contribution in [2.75, 3.05) is 23.3 Å². The average Bonchev–Trinajstić information content (AvgIpc) is 3.21. The zero-order valence-electron chi connectivity index (χ0n) is 21.9. The van der Waals surface area contributed by atoms with Gasteiger partial charge in [-0.05, 0) is 70.6 Å². The highest BCUT2D eigenvalue weighted by Crippen LogP contribution is 2.40. The summed E-state index contributed by atoms with van der Waals surface area (Å²) in [5.41, 5.74) is 1.08. The number of carbonyl (C=O) groups is 2. The lowest BCUT2D eigenvalue weighted by molar-refractivity contribution is 0.0597. The van der Waals surface area contributed by atoms with Gasteiger partial charge in [-0.25, -0.2) is 23.9 Å². The van der Waals surface area contributed by atoms with E-state index in [4.69, 9.17) is 9.72 Å². The second kappa shape index (κ2) is 10.1. The third-order valence-electron chi connectivity index (χ3n) is 6.94. The van der Waals surface area contributed by atoms with Gasteiger partial charge in [0, 0.05) is 30.8 Å². The Morgan fingerprint density at radius 1 is 1.18 bits per heavy atom. The Kier molecular flexibility index (Phi) is 6.85. The third-order valence-corrected chi connectivity index (χ3v) is 6.94. The first kappa shape index (κ1) is 25.7. The summed E-state index contributed by atoms with van der Waals surface area (Å²) in [7, 11) is 0. The van der Waals surface area contributed by atoms with Crippen LogP contribution in [0.3, 0.4) is 0 Å². The summed E-state index contributed by atoms with van der Waals surface area (Å²) in [4.78, 5) is 32.7. The van der Waals surface area contributed by atoms with Crippen LogP contribution in [0.5, 0.6) is 0 Å². The maximum atomic E-state index is 14.3. The number of nitrogens with one attached hydrogen (secondary N) is 1. The molecule has 0 spiro atoms. The van der Waals surface area contributed by atoms with Gasteiger partial charge in [0.05, 0.1) is 11.9 Å². The van der Waals surface area contributed by atoms with Crippen LogP contribution in [0.2, 0.25) is 0 Å². The molecule has 11 heteroatoms. The number of piperidine rings is 1. The van der Waals surface area contributed by atoms with Gasteiger partial charge in [0.2, 0.25) is 0 Å². The fourth-order valence-electron chi connectivity index (χ4n) is 4.94. The number of anilines is 3. The molecular formula is C27H33FN6O4. The molecule has 1 aromatic carbocycles. The van der Waals surface area contributed by atoms with Crippen LogP contribution < -0.4 is 10.2 Å². The highest BCUT2D eigenvalue weighted by molar-refractivity contribution is 5.96. The highest BCUT2D eigenvalue weighted by atomic mass is 19.1. The third kappa shape index (κ3) is 5.36. The summed E-state index contributed by atoms with van der Waals surface area (Å²) >= 11 is 0. The number of ether oxygens (including phenoxy) is 1. The predicted octanol–water partition coefficient (Wildman–Crippen LogP) is 5.76. The van der Waals surface area contributed by atoms with Crippen molar-refractivity contribution in [2.45, 2.75) is 70.4 Å². The van der Waals surface area contributed by atoms with Crippen LogP contribution in [0.15, 0.2) is 36.5 Å². The van der Waals surface area contributed by atoms with E-state index in [1.165, 1.54) is 28.0 Å². The standard InChI is InChI=1S/C27H33FN6O4/c1-27(2,3)38-26(37)33(20-11-5-9-18(28)13-20)23-14-22(30-19-10-6-12-32(16-19)25(35)36)31-24-21(15-29-34(23)24)17-7-4-8-17/h5,9,11,13-15,17,19H,4,6-8,10,12,16H2,1-3H3,(H,30,31)(H,35,36). The predicted molar refractivity (Wildman–Crippen MR) is 141 cm³/mol. The van der Waals surface area contributed by atoms with E-state index >= 15 is 0 Å². The molecule has 1 atom stereocenters. The fourth-order valence-corrected chi connectivity index (χ4v) is 4.94. The molecule has 2 amide bonds. The summed E-state index contributed by atoms with van der Waals surface area (Å²) in [5.74, 6) is 0.653. The molecule has 2 fully saturated rings. The van der Waals surface area contributed by atoms with Crippen LogP contribution in [0.1, 0.15) is 64.4 Å². The number of carbonyl (C=O) groups excluding carboxylic acids is 1. The lowest BCUT2D eigenvalue weighted by atomic mass is 9.81. The van der Waals surface area contributed by atoms with Gasteiger partial charge in [0.1, 0.15) is 23.1 Å². The first-order valence-corrected chi connectivity index (χ1v) is 13.0. The van der Waals surface area contributed by atoms with Gasteiger partial charge in [-0.15, -0.1) is 0 Å². The van der Waals surface area contributed by atoms with Crippen LogP contribution in [0.25, 0.3) is 5.65 Å². The molecule has 202 valence electrons. The smallest absolute Gasteiger partial charge is 0.420 e. The Bertz CT molecular complexity index is 1350. The number of aromatic nitrogens is 3. The number of nitrogens with zero attached hydrogens (tertiary/aromatic N) is 5. The van der Waals surface area contributed by atoms with Gasteiger partial charge in [-0.2, -0.15) is 9.61 Å². The van der Waals surface area contributed by atoms with Crippen LogP contribution >= 0.6 is 0 Å². The van der Waals surface area contributed by atoms with Crippen LogP contribution in [-0.2, 0) is 4.74 Å².